The van der Waals surface area contributed by atoms with Gasteiger partial charge >= 0.3 is 0 Å². The Labute approximate surface area is 58.3 Å². The molecule has 0 aliphatic heterocycles. The minimum absolute atomic E-state index is 0.778. The summed E-state index contributed by atoms with van der Waals surface area (Å²) in [5.74, 6) is 0.778. The predicted molar refractivity (Wildman–Crippen MR) is 43.4 cm³/mol. The van der Waals surface area contributed by atoms with Crippen LogP contribution in [-0.2, 0) is 0 Å². The van der Waals surface area contributed by atoms with E-state index in [2.05, 4.69) is 20.1 Å². The molecule has 0 aromatic rings. The molecule has 0 saturated heterocycles. The van der Waals surface area contributed by atoms with Crippen LogP contribution in [-0.4, -0.2) is 0 Å². The van der Waals surface area contributed by atoms with Gasteiger partial charge in [0.1, 0.15) is 0 Å². The molecule has 0 amide bonds. The van der Waals surface area contributed by atoms with E-state index in [1.165, 1.54) is 6.42 Å². The van der Waals surface area contributed by atoms with Crippen LogP contribution in [0.2, 0.25) is 0 Å². The first-order chi connectivity index (χ1) is 4.35. The van der Waals surface area contributed by atoms with E-state index in [4.69, 9.17) is 0 Å². The highest BCUT2D eigenvalue weighted by atomic mass is 14.0. The first kappa shape index (κ1) is 8.48. The summed E-state index contributed by atoms with van der Waals surface area (Å²) in [6, 6.07) is 0. The third-order valence-corrected chi connectivity index (χ3v) is 1.58. The van der Waals surface area contributed by atoms with Gasteiger partial charge in [-0.2, -0.15) is 0 Å². The Morgan fingerprint density at radius 1 is 1.22 bits per heavy atom. The zero-order chi connectivity index (χ0) is 7.11. The van der Waals surface area contributed by atoms with Crippen LogP contribution in [0.5, 0.6) is 0 Å². The lowest BCUT2D eigenvalue weighted by Gasteiger charge is -2.07. The van der Waals surface area contributed by atoms with Gasteiger partial charge in [0.25, 0.3) is 0 Å². The molecule has 0 spiro atoms. The molecule has 0 aromatic heterocycles. The molecule has 0 heteroatoms. The van der Waals surface area contributed by atoms with Crippen molar-refractivity contribution in [3.8, 4) is 0 Å². The van der Waals surface area contributed by atoms with Crippen LogP contribution < -0.4 is 0 Å². The van der Waals surface area contributed by atoms with Crippen molar-refractivity contribution in [3.05, 3.63) is 25.3 Å². The first-order valence-electron chi connectivity index (χ1n) is 3.56. The third kappa shape index (κ3) is 4.01. The predicted octanol–water partition coefficient (Wildman–Crippen LogP) is 3.16. The average Bonchev–Trinajstić information content (AvgIpc) is 1.88. The van der Waals surface area contributed by atoms with Gasteiger partial charge in [-0.1, -0.05) is 25.5 Å². The van der Waals surface area contributed by atoms with Crippen LogP contribution in [0.3, 0.4) is 0 Å². The van der Waals surface area contributed by atoms with Crippen molar-refractivity contribution in [3.63, 3.8) is 0 Å². The molecule has 0 N–H and O–H groups in total. The van der Waals surface area contributed by atoms with E-state index < -0.39 is 0 Å². The van der Waals surface area contributed by atoms with Gasteiger partial charge in [0.15, 0.2) is 0 Å². The standard InChI is InChI=1S/C9H16/c1-4-7-9(6-3)8-5-2/h4-5,9H,1-2,6-8H2,3H3. The summed E-state index contributed by atoms with van der Waals surface area (Å²) in [6.07, 6.45) is 7.46. The van der Waals surface area contributed by atoms with Crippen molar-refractivity contribution in [2.75, 3.05) is 0 Å². The Hall–Kier alpha value is -0.520. The van der Waals surface area contributed by atoms with Crippen LogP contribution in [0.4, 0.5) is 0 Å². The SMILES string of the molecule is C=CCC(CC)CC=C. The maximum Gasteiger partial charge on any atom is -0.0322 e. The van der Waals surface area contributed by atoms with Gasteiger partial charge in [0, 0.05) is 0 Å². The van der Waals surface area contributed by atoms with Gasteiger partial charge in [-0.05, 0) is 18.8 Å². The molecular formula is C9H16. The van der Waals surface area contributed by atoms with Gasteiger partial charge in [0.05, 0.1) is 0 Å². The monoisotopic (exact) mass is 124 g/mol. The molecule has 0 atom stereocenters. The maximum atomic E-state index is 3.70. The number of hydrogen-bond donors (Lipinski definition) is 0. The molecule has 0 rings (SSSR count). The van der Waals surface area contributed by atoms with Gasteiger partial charge in [-0.15, -0.1) is 13.2 Å². The second kappa shape index (κ2) is 5.61. The summed E-state index contributed by atoms with van der Waals surface area (Å²) >= 11 is 0. The molecule has 0 nitrogen and oxygen atoms in total. The fourth-order valence-electron chi connectivity index (χ4n) is 0.901. The summed E-state index contributed by atoms with van der Waals surface area (Å²) in [7, 11) is 0. The fraction of sp³-hybridized carbons (Fsp3) is 0.556. The molecule has 0 radical (unpaired) electrons. The first-order valence-corrected chi connectivity index (χ1v) is 3.56. The molecular weight excluding hydrogens is 108 g/mol. The zero-order valence-electron chi connectivity index (χ0n) is 6.27. The van der Waals surface area contributed by atoms with Gasteiger partial charge in [-0.3, -0.25) is 0 Å². The molecule has 0 saturated carbocycles. The maximum absolute atomic E-state index is 3.70. The molecule has 0 unspecified atom stereocenters. The Morgan fingerprint density at radius 2 is 1.67 bits per heavy atom. The Kier molecular flexibility index (Phi) is 5.29. The van der Waals surface area contributed by atoms with E-state index in [1.807, 2.05) is 12.2 Å². The molecule has 52 valence electrons. The van der Waals surface area contributed by atoms with E-state index in [0.717, 1.165) is 18.8 Å². The van der Waals surface area contributed by atoms with Gasteiger partial charge in [-0.25, -0.2) is 0 Å². The lowest BCUT2D eigenvalue weighted by atomic mass is 9.99. The van der Waals surface area contributed by atoms with Crippen LogP contribution in [0.25, 0.3) is 0 Å². The summed E-state index contributed by atoms with van der Waals surface area (Å²) in [5, 5.41) is 0. The highest BCUT2D eigenvalue weighted by Gasteiger charge is 1.98. The molecule has 9 heavy (non-hydrogen) atoms. The van der Waals surface area contributed by atoms with E-state index in [-0.39, 0.29) is 0 Å². The quantitative estimate of drug-likeness (QED) is 0.494. The fourth-order valence-corrected chi connectivity index (χ4v) is 0.901. The molecule has 0 bridgehead atoms. The van der Waals surface area contributed by atoms with Gasteiger partial charge in [0.2, 0.25) is 0 Å². The third-order valence-electron chi connectivity index (χ3n) is 1.58. The highest BCUT2D eigenvalue weighted by molar-refractivity contribution is 4.78. The second-order valence-corrected chi connectivity index (χ2v) is 2.32. The minimum Gasteiger partial charge on any atom is -0.103 e. The average molecular weight is 124 g/mol. The lowest BCUT2D eigenvalue weighted by Crippen LogP contribution is -1.93. The van der Waals surface area contributed by atoms with E-state index in [9.17, 15) is 0 Å². The van der Waals surface area contributed by atoms with Crippen LogP contribution in [0.1, 0.15) is 26.2 Å². The summed E-state index contributed by atoms with van der Waals surface area (Å²) < 4.78 is 0. The molecule has 0 aliphatic carbocycles. The van der Waals surface area contributed by atoms with Crippen molar-refractivity contribution in [1.29, 1.82) is 0 Å². The van der Waals surface area contributed by atoms with E-state index in [0.29, 0.717) is 0 Å². The van der Waals surface area contributed by atoms with Crippen LogP contribution in [0, 0.1) is 5.92 Å². The summed E-state index contributed by atoms with van der Waals surface area (Å²) in [5.41, 5.74) is 0. The van der Waals surface area contributed by atoms with E-state index in [1.54, 1.807) is 0 Å². The van der Waals surface area contributed by atoms with Crippen LogP contribution >= 0.6 is 0 Å². The lowest BCUT2D eigenvalue weighted by molar-refractivity contribution is 0.525. The number of allylic oxidation sites excluding steroid dienone is 2. The Bertz CT molecular complexity index is 72.0. The summed E-state index contributed by atoms with van der Waals surface area (Å²) in [6.45, 7) is 9.60. The zero-order valence-corrected chi connectivity index (χ0v) is 6.27. The smallest absolute Gasteiger partial charge is 0.0322 e. The molecule has 0 heterocycles. The molecule has 0 fully saturated rings. The Morgan fingerprint density at radius 3 is 1.89 bits per heavy atom. The number of hydrogen-bond acceptors (Lipinski definition) is 0. The topological polar surface area (TPSA) is 0 Å². The van der Waals surface area contributed by atoms with Crippen molar-refractivity contribution in [2.24, 2.45) is 5.92 Å². The summed E-state index contributed by atoms with van der Waals surface area (Å²) in [4.78, 5) is 0. The minimum atomic E-state index is 0.778. The largest absolute Gasteiger partial charge is 0.103 e. The highest BCUT2D eigenvalue weighted by Crippen LogP contribution is 2.12. The Balaban J connectivity index is 3.39. The molecule has 0 aromatic carbocycles. The van der Waals surface area contributed by atoms with Crippen molar-refractivity contribution in [1.82, 2.24) is 0 Å². The molecule has 0 aliphatic rings. The van der Waals surface area contributed by atoms with Crippen molar-refractivity contribution in [2.45, 2.75) is 26.2 Å². The van der Waals surface area contributed by atoms with Gasteiger partial charge < -0.3 is 0 Å². The van der Waals surface area contributed by atoms with Crippen molar-refractivity contribution < 1.29 is 0 Å². The second-order valence-electron chi connectivity index (χ2n) is 2.32. The van der Waals surface area contributed by atoms with Crippen LogP contribution in [0.15, 0.2) is 25.3 Å². The normalized spacial score (nSPS) is 9.56. The van der Waals surface area contributed by atoms with E-state index >= 15 is 0 Å². The van der Waals surface area contributed by atoms with Crippen molar-refractivity contribution >= 4 is 0 Å². The number of rotatable bonds is 5.